The van der Waals surface area contributed by atoms with E-state index in [1.807, 2.05) is 0 Å². The third-order valence-electron chi connectivity index (χ3n) is 4.93. The number of Topliss-reactive ketones (excluding diaryl/α,β-unsaturated/α-hetero) is 1. The molecule has 20 heavy (non-hydrogen) atoms. The summed E-state index contributed by atoms with van der Waals surface area (Å²) in [5.41, 5.74) is 1.51. The van der Waals surface area contributed by atoms with Gasteiger partial charge in [-0.1, -0.05) is 26.7 Å². The van der Waals surface area contributed by atoms with Crippen LogP contribution in [0, 0.1) is 11.8 Å². The van der Waals surface area contributed by atoms with Gasteiger partial charge >= 0.3 is 0 Å². The number of carbonyl (C=O) groups excluding carboxylic acids is 1. The highest BCUT2D eigenvalue weighted by Crippen LogP contribution is 2.36. The lowest BCUT2D eigenvalue weighted by molar-refractivity contribution is -0.117. The van der Waals surface area contributed by atoms with E-state index in [1.165, 1.54) is 0 Å². The van der Waals surface area contributed by atoms with Crippen molar-refractivity contribution in [3.63, 3.8) is 0 Å². The fourth-order valence-electron chi connectivity index (χ4n) is 3.30. The lowest BCUT2D eigenvalue weighted by Crippen LogP contribution is -2.20. The van der Waals surface area contributed by atoms with E-state index in [1.54, 1.807) is 0 Å². The maximum absolute atomic E-state index is 12.2. The van der Waals surface area contributed by atoms with Crippen molar-refractivity contribution >= 4 is 5.78 Å². The van der Waals surface area contributed by atoms with Gasteiger partial charge in [-0.15, -0.1) is 0 Å². The van der Waals surface area contributed by atoms with E-state index in [2.05, 4.69) is 13.8 Å². The Morgan fingerprint density at radius 1 is 1.00 bits per heavy atom. The van der Waals surface area contributed by atoms with Gasteiger partial charge < -0.3 is 10.2 Å². The number of ketones is 1. The molecule has 112 valence electrons. The Hall–Kier alpha value is -1.25. The molecule has 2 atom stereocenters. The predicted molar refractivity (Wildman–Crippen MR) is 79.6 cm³/mol. The summed E-state index contributed by atoms with van der Waals surface area (Å²) in [7, 11) is 0. The molecule has 0 aromatic carbocycles. The predicted octanol–water partition coefficient (Wildman–Crippen LogP) is 4.60. The van der Waals surface area contributed by atoms with Gasteiger partial charge in [-0.25, -0.2) is 0 Å². The normalized spacial score (nSPS) is 28.2. The Kier molecular flexibility index (Phi) is 4.90. The highest BCUT2D eigenvalue weighted by Gasteiger charge is 2.29. The minimum Gasteiger partial charge on any atom is -0.512 e. The standard InChI is InChI=1S/C17H26O3/c1-3-11-5-6-13(15(18)7-11)10-14-16(19)8-12(4-2)9-17(14)20/h11-12,18-19H,3-10H2,1-2H3. The summed E-state index contributed by atoms with van der Waals surface area (Å²) < 4.78 is 0. The Morgan fingerprint density at radius 2 is 1.65 bits per heavy atom. The van der Waals surface area contributed by atoms with Crippen LogP contribution < -0.4 is 0 Å². The van der Waals surface area contributed by atoms with Crippen LogP contribution in [0.15, 0.2) is 22.7 Å². The van der Waals surface area contributed by atoms with Crippen LogP contribution in [-0.4, -0.2) is 16.0 Å². The van der Waals surface area contributed by atoms with Crippen molar-refractivity contribution in [1.29, 1.82) is 0 Å². The molecular formula is C17H26O3. The lowest BCUT2D eigenvalue weighted by Gasteiger charge is -2.26. The zero-order valence-corrected chi connectivity index (χ0v) is 12.6. The monoisotopic (exact) mass is 278 g/mol. The molecule has 0 saturated heterocycles. The van der Waals surface area contributed by atoms with Gasteiger partial charge in [-0.2, -0.15) is 0 Å². The molecule has 0 aromatic rings. The van der Waals surface area contributed by atoms with Crippen molar-refractivity contribution in [2.24, 2.45) is 11.8 Å². The summed E-state index contributed by atoms with van der Waals surface area (Å²) in [6, 6.07) is 0. The van der Waals surface area contributed by atoms with Crippen molar-refractivity contribution in [2.45, 2.75) is 65.2 Å². The molecule has 0 bridgehead atoms. The quantitative estimate of drug-likeness (QED) is 0.790. The average Bonchev–Trinajstić information content (AvgIpc) is 2.43. The summed E-state index contributed by atoms with van der Waals surface area (Å²) >= 11 is 0. The molecule has 2 aliphatic rings. The van der Waals surface area contributed by atoms with Gasteiger partial charge in [0.2, 0.25) is 0 Å². The van der Waals surface area contributed by atoms with Crippen LogP contribution in [0.2, 0.25) is 0 Å². The van der Waals surface area contributed by atoms with Gasteiger partial charge in [-0.05, 0) is 30.3 Å². The molecular weight excluding hydrogens is 252 g/mol. The molecule has 0 radical (unpaired) electrons. The molecule has 2 unspecified atom stereocenters. The molecule has 3 heteroatoms. The van der Waals surface area contributed by atoms with E-state index >= 15 is 0 Å². The summed E-state index contributed by atoms with van der Waals surface area (Å²) in [5.74, 6) is 1.62. The minimum atomic E-state index is 0.0681. The van der Waals surface area contributed by atoms with Crippen LogP contribution in [0.1, 0.15) is 65.2 Å². The van der Waals surface area contributed by atoms with Crippen LogP contribution in [0.25, 0.3) is 0 Å². The first-order chi connectivity index (χ1) is 9.55. The first-order valence-corrected chi connectivity index (χ1v) is 7.89. The fraction of sp³-hybridized carbons (Fsp3) is 0.706. The third-order valence-corrected chi connectivity index (χ3v) is 4.93. The van der Waals surface area contributed by atoms with Gasteiger partial charge in [0, 0.05) is 31.3 Å². The molecule has 2 aliphatic carbocycles. The maximum Gasteiger partial charge on any atom is 0.162 e. The first kappa shape index (κ1) is 15.1. The van der Waals surface area contributed by atoms with E-state index in [0.717, 1.165) is 37.7 Å². The molecule has 0 aliphatic heterocycles. The smallest absolute Gasteiger partial charge is 0.162 e. The molecule has 0 heterocycles. The van der Waals surface area contributed by atoms with Crippen molar-refractivity contribution in [3.05, 3.63) is 22.7 Å². The van der Waals surface area contributed by atoms with E-state index < -0.39 is 0 Å². The number of hydrogen-bond acceptors (Lipinski definition) is 3. The fourth-order valence-corrected chi connectivity index (χ4v) is 3.30. The van der Waals surface area contributed by atoms with E-state index in [0.29, 0.717) is 36.5 Å². The number of hydrogen-bond donors (Lipinski definition) is 2. The highest BCUT2D eigenvalue weighted by atomic mass is 16.3. The average molecular weight is 278 g/mol. The summed E-state index contributed by atoms with van der Waals surface area (Å²) in [5, 5.41) is 20.2. The number of aliphatic hydroxyl groups excluding tert-OH is 2. The van der Waals surface area contributed by atoms with Crippen molar-refractivity contribution in [1.82, 2.24) is 0 Å². The summed E-state index contributed by atoms with van der Waals surface area (Å²) in [4.78, 5) is 12.2. The summed E-state index contributed by atoms with van der Waals surface area (Å²) in [6.45, 7) is 4.20. The van der Waals surface area contributed by atoms with Crippen molar-refractivity contribution in [2.75, 3.05) is 0 Å². The second-order valence-electron chi connectivity index (χ2n) is 6.28. The Balaban J connectivity index is 2.11. The Labute approximate surface area is 121 Å². The van der Waals surface area contributed by atoms with Crippen LogP contribution in [0.5, 0.6) is 0 Å². The van der Waals surface area contributed by atoms with E-state index in [-0.39, 0.29) is 17.5 Å². The largest absolute Gasteiger partial charge is 0.512 e. The number of carbonyl (C=O) groups is 1. The molecule has 0 aromatic heterocycles. The lowest BCUT2D eigenvalue weighted by atomic mass is 9.80. The van der Waals surface area contributed by atoms with E-state index in [4.69, 9.17) is 0 Å². The zero-order valence-electron chi connectivity index (χ0n) is 12.6. The van der Waals surface area contributed by atoms with Crippen LogP contribution >= 0.6 is 0 Å². The Bertz CT molecular complexity index is 445. The zero-order chi connectivity index (χ0) is 14.7. The molecule has 0 amide bonds. The molecule has 2 rings (SSSR count). The van der Waals surface area contributed by atoms with Gasteiger partial charge in [0.05, 0.1) is 11.5 Å². The number of aliphatic hydroxyl groups is 2. The first-order valence-electron chi connectivity index (χ1n) is 7.89. The van der Waals surface area contributed by atoms with Gasteiger partial charge in [0.15, 0.2) is 5.78 Å². The van der Waals surface area contributed by atoms with Gasteiger partial charge in [0.1, 0.15) is 0 Å². The second-order valence-corrected chi connectivity index (χ2v) is 6.28. The van der Waals surface area contributed by atoms with Gasteiger partial charge in [0.25, 0.3) is 0 Å². The molecule has 0 fully saturated rings. The molecule has 3 nitrogen and oxygen atoms in total. The molecule has 0 saturated carbocycles. The Morgan fingerprint density at radius 3 is 2.20 bits per heavy atom. The second kappa shape index (κ2) is 6.47. The van der Waals surface area contributed by atoms with Crippen LogP contribution in [0.4, 0.5) is 0 Å². The number of rotatable bonds is 4. The highest BCUT2D eigenvalue weighted by molar-refractivity contribution is 5.97. The number of allylic oxidation sites excluding steroid dienone is 4. The van der Waals surface area contributed by atoms with Crippen LogP contribution in [-0.2, 0) is 4.79 Å². The SMILES string of the molecule is CCC1CCC(CC2=C(O)CC(CC)CC2=O)=C(O)C1. The van der Waals surface area contributed by atoms with Gasteiger partial charge in [-0.3, -0.25) is 4.79 Å². The van der Waals surface area contributed by atoms with Crippen molar-refractivity contribution in [3.8, 4) is 0 Å². The molecule has 2 N–H and O–H groups in total. The third kappa shape index (κ3) is 3.25. The maximum atomic E-state index is 12.2. The van der Waals surface area contributed by atoms with Crippen molar-refractivity contribution < 1.29 is 15.0 Å². The minimum absolute atomic E-state index is 0.0681. The van der Waals surface area contributed by atoms with E-state index in [9.17, 15) is 15.0 Å². The summed E-state index contributed by atoms with van der Waals surface area (Å²) in [6.07, 6.45) is 6.28. The van der Waals surface area contributed by atoms with Crippen LogP contribution in [0.3, 0.4) is 0 Å². The molecule has 0 spiro atoms. The topological polar surface area (TPSA) is 57.5 Å².